The van der Waals surface area contributed by atoms with Gasteiger partial charge in [0.05, 0.1) is 31.8 Å². The van der Waals surface area contributed by atoms with Gasteiger partial charge in [-0.1, -0.05) is 40.9 Å². The molecule has 2 nitrogen and oxygen atoms in total. The molecule has 0 spiro atoms. The number of fused-ring (bicyclic) bond motifs is 1. The number of aromatic nitrogens is 2. The van der Waals surface area contributed by atoms with Gasteiger partial charge in [0, 0.05) is 6.07 Å². The van der Waals surface area contributed by atoms with Gasteiger partial charge in [-0.05, 0) is 30.4 Å². The fourth-order valence-electron chi connectivity index (χ4n) is 2.01. The highest BCUT2D eigenvalue weighted by Crippen LogP contribution is 2.32. The molecule has 0 radical (unpaired) electrons. The van der Waals surface area contributed by atoms with Gasteiger partial charge in [0.15, 0.2) is 4.77 Å². The third kappa shape index (κ3) is 2.13. The Morgan fingerprint density at radius 1 is 1.10 bits per heavy atom. The van der Waals surface area contributed by atoms with Gasteiger partial charge in [-0.2, -0.15) is 0 Å². The third-order valence-electron chi connectivity index (χ3n) is 2.90. The van der Waals surface area contributed by atoms with E-state index in [9.17, 15) is 4.39 Å². The predicted octanol–water partition coefficient (Wildman–Crippen LogP) is 5.79. The van der Waals surface area contributed by atoms with Crippen LogP contribution in [0.15, 0.2) is 30.3 Å². The normalized spacial score (nSPS) is 11.2. The van der Waals surface area contributed by atoms with Gasteiger partial charge in [-0.15, -0.1) is 0 Å². The maximum atomic E-state index is 13.5. The minimum Gasteiger partial charge on any atom is -0.330 e. The Bertz CT molecular complexity index is 885. The van der Waals surface area contributed by atoms with Gasteiger partial charge in [-0.3, -0.25) is 4.57 Å². The summed E-state index contributed by atoms with van der Waals surface area (Å²) in [7, 11) is 0. The Morgan fingerprint density at radius 2 is 1.85 bits per heavy atom. The van der Waals surface area contributed by atoms with E-state index in [0.717, 1.165) is 0 Å². The zero-order valence-corrected chi connectivity index (χ0v) is 12.8. The van der Waals surface area contributed by atoms with Gasteiger partial charge in [0.25, 0.3) is 0 Å². The van der Waals surface area contributed by atoms with Crippen molar-refractivity contribution in [3.63, 3.8) is 0 Å². The van der Waals surface area contributed by atoms with Gasteiger partial charge in [-0.25, -0.2) is 4.39 Å². The molecule has 3 aromatic rings. The number of nitrogens with one attached hydrogen (secondary N) is 1. The van der Waals surface area contributed by atoms with E-state index in [0.29, 0.717) is 31.5 Å². The van der Waals surface area contributed by atoms with Gasteiger partial charge in [0.2, 0.25) is 0 Å². The molecule has 3 rings (SSSR count). The molecule has 7 heteroatoms. The number of hydrogen-bond donors (Lipinski definition) is 1. The van der Waals surface area contributed by atoms with E-state index in [1.165, 1.54) is 12.1 Å². The van der Waals surface area contributed by atoms with Crippen LogP contribution in [-0.2, 0) is 0 Å². The summed E-state index contributed by atoms with van der Waals surface area (Å²) in [5.41, 5.74) is 1.77. The zero-order valence-electron chi connectivity index (χ0n) is 9.75. The molecule has 0 fully saturated rings. The molecule has 102 valence electrons. The monoisotopic (exact) mass is 346 g/mol. The first kappa shape index (κ1) is 13.9. The Balaban J connectivity index is 2.42. The molecule has 0 atom stereocenters. The third-order valence-corrected chi connectivity index (χ3v) is 4.28. The van der Waals surface area contributed by atoms with Crippen LogP contribution in [0.1, 0.15) is 0 Å². The van der Waals surface area contributed by atoms with Crippen LogP contribution in [0.25, 0.3) is 16.7 Å². The van der Waals surface area contributed by atoms with Crippen molar-refractivity contribution in [2.45, 2.75) is 0 Å². The zero-order chi connectivity index (χ0) is 14.4. The molecule has 1 heterocycles. The van der Waals surface area contributed by atoms with Crippen molar-refractivity contribution < 1.29 is 4.39 Å². The van der Waals surface area contributed by atoms with Crippen molar-refractivity contribution >= 4 is 58.1 Å². The van der Waals surface area contributed by atoms with E-state index in [2.05, 4.69) is 4.98 Å². The number of rotatable bonds is 1. The van der Waals surface area contributed by atoms with E-state index in [1.54, 1.807) is 22.8 Å². The Morgan fingerprint density at radius 3 is 2.60 bits per heavy atom. The highest BCUT2D eigenvalue weighted by molar-refractivity contribution is 7.71. The van der Waals surface area contributed by atoms with Crippen LogP contribution >= 0.6 is 47.0 Å². The second-order valence-electron chi connectivity index (χ2n) is 4.12. The van der Waals surface area contributed by atoms with Gasteiger partial charge in [0.1, 0.15) is 5.82 Å². The second kappa shape index (κ2) is 5.04. The minimum absolute atomic E-state index is 0.0124. The fraction of sp³-hybridized carbons (Fsp3) is 0. The van der Waals surface area contributed by atoms with Crippen molar-refractivity contribution in [1.29, 1.82) is 0 Å². The first-order valence-corrected chi connectivity index (χ1v) is 7.07. The van der Waals surface area contributed by atoms with E-state index in [-0.39, 0.29) is 5.02 Å². The number of imidazole rings is 1. The molecule has 1 aromatic heterocycles. The summed E-state index contributed by atoms with van der Waals surface area (Å²) in [6.45, 7) is 0. The molecule has 0 saturated carbocycles. The average Bonchev–Trinajstić information content (AvgIpc) is 2.69. The number of nitrogens with zero attached hydrogens (tertiary/aromatic N) is 1. The molecule has 0 amide bonds. The van der Waals surface area contributed by atoms with E-state index >= 15 is 0 Å². The summed E-state index contributed by atoms with van der Waals surface area (Å²) in [5, 5.41) is 0.790. The van der Waals surface area contributed by atoms with Crippen LogP contribution in [0.3, 0.4) is 0 Å². The molecule has 0 aliphatic carbocycles. The van der Waals surface area contributed by atoms with Crippen molar-refractivity contribution in [1.82, 2.24) is 9.55 Å². The summed E-state index contributed by atoms with van der Waals surface area (Å²) in [4.78, 5) is 2.92. The van der Waals surface area contributed by atoms with Crippen LogP contribution in [0, 0.1) is 10.6 Å². The van der Waals surface area contributed by atoms with Crippen molar-refractivity contribution in [2.75, 3.05) is 0 Å². The number of H-pyrrole nitrogens is 1. The van der Waals surface area contributed by atoms with Gasteiger partial charge >= 0.3 is 0 Å². The highest BCUT2D eigenvalue weighted by Gasteiger charge is 2.13. The van der Waals surface area contributed by atoms with E-state index in [1.807, 2.05) is 0 Å². The first-order valence-electron chi connectivity index (χ1n) is 5.53. The largest absolute Gasteiger partial charge is 0.330 e. The number of benzene rings is 2. The molecular weight excluding hydrogens is 342 g/mol. The summed E-state index contributed by atoms with van der Waals surface area (Å²) < 4.78 is 15.5. The standard InChI is InChI=1S/C13H6Cl3FN2S/c14-6-2-1-3-10(12(6)16)19-11-4-7(15)8(17)5-9(11)18-13(19)20/h1-5H,(H,18,20). The molecule has 1 N–H and O–H groups in total. The molecule has 2 aromatic carbocycles. The van der Waals surface area contributed by atoms with Crippen LogP contribution in [0.5, 0.6) is 0 Å². The minimum atomic E-state index is -0.514. The lowest BCUT2D eigenvalue weighted by Gasteiger charge is -2.08. The second-order valence-corrected chi connectivity index (χ2v) is 5.70. The molecule has 0 unspecified atom stereocenters. The summed E-state index contributed by atoms with van der Waals surface area (Å²) in [6, 6.07) is 8.00. The lowest BCUT2D eigenvalue weighted by molar-refractivity contribution is 0.630. The quantitative estimate of drug-likeness (QED) is 0.553. The molecular formula is C13H6Cl3FN2S. The maximum Gasteiger partial charge on any atom is 0.182 e. The Kier molecular flexibility index (Phi) is 3.50. The first-order chi connectivity index (χ1) is 9.49. The Labute approximate surface area is 133 Å². The highest BCUT2D eigenvalue weighted by atomic mass is 35.5. The maximum absolute atomic E-state index is 13.5. The van der Waals surface area contributed by atoms with Crippen LogP contribution in [0.4, 0.5) is 4.39 Å². The van der Waals surface area contributed by atoms with Crippen molar-refractivity contribution in [3.05, 3.63) is 56.0 Å². The smallest absolute Gasteiger partial charge is 0.182 e. The molecule has 0 bridgehead atoms. The molecule has 0 aliphatic rings. The summed E-state index contributed by atoms with van der Waals surface area (Å²) >= 11 is 23.3. The van der Waals surface area contributed by atoms with Crippen molar-refractivity contribution in [3.8, 4) is 5.69 Å². The average molecular weight is 348 g/mol. The van der Waals surface area contributed by atoms with Crippen molar-refractivity contribution in [2.24, 2.45) is 0 Å². The molecule has 0 aliphatic heterocycles. The molecule has 20 heavy (non-hydrogen) atoms. The fourth-order valence-corrected chi connectivity index (χ4v) is 2.85. The molecule has 0 saturated heterocycles. The number of hydrogen-bond acceptors (Lipinski definition) is 1. The predicted molar refractivity (Wildman–Crippen MR) is 83.4 cm³/mol. The SMILES string of the molecule is Fc1cc2[nH]c(=S)n(-c3cccc(Cl)c3Cl)c2cc1Cl. The summed E-state index contributed by atoms with van der Waals surface area (Å²) in [5.74, 6) is -0.514. The number of aromatic amines is 1. The lowest BCUT2D eigenvalue weighted by Crippen LogP contribution is -1.95. The van der Waals surface area contributed by atoms with Crippen LogP contribution < -0.4 is 0 Å². The topological polar surface area (TPSA) is 20.7 Å². The lowest BCUT2D eigenvalue weighted by atomic mass is 10.2. The van der Waals surface area contributed by atoms with Gasteiger partial charge < -0.3 is 4.98 Å². The van der Waals surface area contributed by atoms with Crippen LogP contribution in [-0.4, -0.2) is 9.55 Å². The van der Waals surface area contributed by atoms with E-state index in [4.69, 9.17) is 47.0 Å². The Hall–Kier alpha value is -1.07. The summed E-state index contributed by atoms with van der Waals surface area (Å²) in [6.07, 6.45) is 0. The van der Waals surface area contributed by atoms with Crippen LogP contribution in [0.2, 0.25) is 15.1 Å². The number of halogens is 4. The van der Waals surface area contributed by atoms with E-state index < -0.39 is 5.82 Å².